The average molecular weight is 316 g/mol. The van der Waals surface area contributed by atoms with Crippen LogP contribution >= 0.6 is 0 Å². The Hall–Kier alpha value is -2.21. The van der Waals surface area contributed by atoms with Crippen molar-refractivity contribution in [3.63, 3.8) is 0 Å². The molecule has 1 aliphatic rings. The number of likely N-dealkylation sites (N-methyl/N-ethyl adjacent to an activating group) is 1. The highest BCUT2D eigenvalue weighted by Gasteiger charge is 2.27. The van der Waals surface area contributed by atoms with E-state index in [1.807, 2.05) is 4.57 Å². The minimum atomic E-state index is -0.689. The zero-order chi connectivity index (χ0) is 16.4. The zero-order valence-corrected chi connectivity index (χ0v) is 13.4. The number of carbonyl (C=O) groups excluding carboxylic acids is 1. The summed E-state index contributed by atoms with van der Waals surface area (Å²) in [6.45, 7) is 0.858. The molecule has 1 aliphatic heterocycles. The Morgan fingerprint density at radius 3 is 2.87 bits per heavy atom. The van der Waals surface area contributed by atoms with Crippen molar-refractivity contribution in [2.24, 2.45) is 0 Å². The Labute approximate surface area is 135 Å². The highest BCUT2D eigenvalue weighted by Crippen LogP contribution is 2.25. The molecular formula is C17H21FN4O. The van der Waals surface area contributed by atoms with E-state index in [2.05, 4.69) is 10.3 Å². The molecule has 5 nitrogen and oxygen atoms in total. The summed E-state index contributed by atoms with van der Waals surface area (Å²) < 4.78 is 16.1. The topological polar surface area (TPSA) is 50.2 Å². The normalized spacial score (nSPS) is 15.3. The summed E-state index contributed by atoms with van der Waals surface area (Å²) in [5.74, 6) is 1.05. The number of aryl methyl sites for hydroxylation is 1. The van der Waals surface area contributed by atoms with Crippen LogP contribution in [0.4, 0.5) is 10.2 Å². The van der Waals surface area contributed by atoms with Crippen molar-refractivity contribution in [1.29, 1.82) is 0 Å². The van der Waals surface area contributed by atoms with Gasteiger partial charge in [0.1, 0.15) is 23.5 Å². The molecule has 6 heteroatoms. The van der Waals surface area contributed by atoms with E-state index in [9.17, 15) is 9.18 Å². The lowest BCUT2D eigenvalue weighted by atomic mass is 10.0. The van der Waals surface area contributed by atoms with Crippen molar-refractivity contribution in [1.82, 2.24) is 14.5 Å². The van der Waals surface area contributed by atoms with Crippen LogP contribution in [0.15, 0.2) is 30.5 Å². The summed E-state index contributed by atoms with van der Waals surface area (Å²) in [6, 6.07) is 5.69. The molecule has 0 saturated heterocycles. The van der Waals surface area contributed by atoms with Crippen LogP contribution in [0, 0.1) is 5.82 Å². The molecule has 1 amide bonds. The Kier molecular flexibility index (Phi) is 4.43. The van der Waals surface area contributed by atoms with E-state index in [4.69, 9.17) is 0 Å². The van der Waals surface area contributed by atoms with Gasteiger partial charge in [0.25, 0.3) is 0 Å². The van der Waals surface area contributed by atoms with Gasteiger partial charge >= 0.3 is 0 Å². The van der Waals surface area contributed by atoms with Gasteiger partial charge in [-0.15, -0.1) is 0 Å². The van der Waals surface area contributed by atoms with Gasteiger partial charge in [-0.1, -0.05) is 18.2 Å². The highest BCUT2D eigenvalue weighted by atomic mass is 19.1. The number of benzene rings is 1. The minimum Gasteiger partial charge on any atom is -0.315 e. The van der Waals surface area contributed by atoms with Gasteiger partial charge in [0.15, 0.2) is 0 Å². The maximum atomic E-state index is 14.1. The molecule has 0 aliphatic carbocycles. The molecule has 0 radical (unpaired) electrons. The van der Waals surface area contributed by atoms with E-state index in [0.717, 1.165) is 31.6 Å². The molecule has 0 saturated carbocycles. The number of nitrogens with zero attached hydrogens (tertiary/aromatic N) is 3. The first-order chi connectivity index (χ1) is 11.1. The second-order valence-electron chi connectivity index (χ2n) is 6.05. The van der Waals surface area contributed by atoms with E-state index < -0.39 is 6.04 Å². The van der Waals surface area contributed by atoms with Gasteiger partial charge in [0, 0.05) is 18.5 Å². The predicted molar refractivity (Wildman–Crippen MR) is 86.6 cm³/mol. The van der Waals surface area contributed by atoms with Crippen LogP contribution in [0.1, 0.15) is 30.3 Å². The van der Waals surface area contributed by atoms with E-state index in [1.54, 1.807) is 43.4 Å². The number of aromatic nitrogens is 2. The van der Waals surface area contributed by atoms with Crippen molar-refractivity contribution >= 4 is 11.7 Å². The lowest BCUT2D eigenvalue weighted by Crippen LogP contribution is -2.33. The Morgan fingerprint density at radius 1 is 1.35 bits per heavy atom. The van der Waals surface area contributed by atoms with Gasteiger partial charge in [0.05, 0.1) is 6.20 Å². The molecule has 1 aromatic heterocycles. The van der Waals surface area contributed by atoms with Crippen molar-refractivity contribution < 1.29 is 9.18 Å². The molecule has 0 unspecified atom stereocenters. The number of halogens is 1. The summed E-state index contributed by atoms with van der Waals surface area (Å²) in [5.41, 5.74) is 0.369. The van der Waals surface area contributed by atoms with Crippen molar-refractivity contribution in [3.05, 3.63) is 47.7 Å². The third-order valence-corrected chi connectivity index (χ3v) is 4.19. The number of rotatable bonds is 4. The van der Waals surface area contributed by atoms with Crippen LogP contribution in [-0.2, 0) is 17.8 Å². The number of fused-ring (bicyclic) bond motifs is 1. The smallest absolute Gasteiger partial charge is 0.247 e. The second-order valence-corrected chi connectivity index (χ2v) is 6.05. The van der Waals surface area contributed by atoms with E-state index in [0.29, 0.717) is 11.4 Å². The molecule has 122 valence electrons. The molecule has 2 aromatic rings. The number of amides is 1. The standard InChI is InChI=1S/C17H21FN4O/c1-21(2)16(12-7-3-4-8-13(12)18)17(23)20-15-11-19-14-9-5-6-10-22(14)15/h3-4,7-8,11,16H,5-6,9-10H2,1-2H3,(H,20,23)/t16-/m1/s1. The second kappa shape index (κ2) is 6.50. The van der Waals surface area contributed by atoms with Gasteiger partial charge in [0.2, 0.25) is 5.91 Å². The molecule has 1 atom stereocenters. The predicted octanol–water partition coefficient (Wildman–Crippen LogP) is 2.60. The third kappa shape index (κ3) is 3.12. The Balaban J connectivity index is 1.85. The number of hydrogen-bond donors (Lipinski definition) is 1. The Morgan fingerprint density at radius 2 is 2.13 bits per heavy atom. The van der Waals surface area contributed by atoms with Gasteiger partial charge in [-0.25, -0.2) is 9.37 Å². The fourth-order valence-corrected chi connectivity index (χ4v) is 3.06. The largest absolute Gasteiger partial charge is 0.315 e. The van der Waals surface area contributed by atoms with Gasteiger partial charge in [-0.3, -0.25) is 9.69 Å². The molecule has 3 rings (SSSR count). The van der Waals surface area contributed by atoms with Crippen LogP contribution in [0.5, 0.6) is 0 Å². The Bertz CT molecular complexity index is 710. The fourth-order valence-electron chi connectivity index (χ4n) is 3.06. The van der Waals surface area contributed by atoms with Gasteiger partial charge in [-0.2, -0.15) is 0 Å². The van der Waals surface area contributed by atoms with Crippen LogP contribution in [0.3, 0.4) is 0 Å². The molecular weight excluding hydrogens is 295 g/mol. The van der Waals surface area contributed by atoms with Crippen molar-refractivity contribution in [2.75, 3.05) is 19.4 Å². The van der Waals surface area contributed by atoms with E-state index in [-0.39, 0.29) is 11.7 Å². The van der Waals surface area contributed by atoms with E-state index >= 15 is 0 Å². The summed E-state index contributed by atoms with van der Waals surface area (Å²) in [5, 5.41) is 2.91. The minimum absolute atomic E-state index is 0.256. The third-order valence-electron chi connectivity index (χ3n) is 4.19. The lowest BCUT2D eigenvalue weighted by Gasteiger charge is -2.25. The number of anilines is 1. The van der Waals surface area contributed by atoms with Crippen molar-refractivity contribution in [2.45, 2.75) is 31.8 Å². The van der Waals surface area contributed by atoms with Crippen molar-refractivity contribution in [3.8, 4) is 0 Å². The van der Waals surface area contributed by atoms with Gasteiger partial charge in [-0.05, 0) is 33.0 Å². The molecule has 23 heavy (non-hydrogen) atoms. The first-order valence-corrected chi connectivity index (χ1v) is 7.84. The number of nitrogens with one attached hydrogen (secondary N) is 1. The molecule has 2 heterocycles. The molecule has 0 fully saturated rings. The van der Waals surface area contributed by atoms with Crippen LogP contribution in [0.25, 0.3) is 0 Å². The first-order valence-electron chi connectivity index (χ1n) is 7.84. The number of carbonyl (C=O) groups is 1. The maximum Gasteiger partial charge on any atom is 0.247 e. The number of hydrogen-bond acceptors (Lipinski definition) is 3. The monoisotopic (exact) mass is 316 g/mol. The van der Waals surface area contributed by atoms with Crippen LogP contribution in [0.2, 0.25) is 0 Å². The molecule has 1 aromatic carbocycles. The summed E-state index contributed by atoms with van der Waals surface area (Å²) in [6.07, 6.45) is 4.82. The van der Waals surface area contributed by atoms with Crippen LogP contribution in [-0.4, -0.2) is 34.5 Å². The maximum absolute atomic E-state index is 14.1. The summed E-state index contributed by atoms with van der Waals surface area (Å²) >= 11 is 0. The van der Waals surface area contributed by atoms with E-state index in [1.165, 1.54) is 6.07 Å². The zero-order valence-electron chi connectivity index (χ0n) is 13.4. The van der Waals surface area contributed by atoms with Crippen LogP contribution < -0.4 is 5.32 Å². The first kappa shape index (κ1) is 15.7. The fraction of sp³-hybridized carbons (Fsp3) is 0.412. The summed E-state index contributed by atoms with van der Waals surface area (Å²) in [4.78, 5) is 18.8. The quantitative estimate of drug-likeness (QED) is 0.943. The highest BCUT2D eigenvalue weighted by molar-refractivity contribution is 5.94. The molecule has 1 N–H and O–H groups in total. The van der Waals surface area contributed by atoms with Gasteiger partial charge < -0.3 is 9.88 Å². The molecule has 0 bridgehead atoms. The molecule has 0 spiro atoms. The number of imidazole rings is 1. The summed E-state index contributed by atoms with van der Waals surface area (Å²) in [7, 11) is 3.53. The average Bonchev–Trinajstić information content (AvgIpc) is 2.92. The SMILES string of the molecule is CN(C)[C@@H](C(=O)Nc1cnc2n1CCCC2)c1ccccc1F. The lowest BCUT2D eigenvalue weighted by molar-refractivity contribution is -0.120.